The average Bonchev–Trinajstić information content (AvgIpc) is 3.02. The van der Waals surface area contributed by atoms with Gasteiger partial charge in [0, 0.05) is 38.8 Å². The van der Waals surface area contributed by atoms with E-state index in [1.807, 2.05) is 44.6 Å². The standard InChI is InChI=1S/C19H26N4O2/c1-14(23-11-9-18-17(12-23)21-13-22(18)2)19(24)20-10-8-15-4-6-16(25-3)7-5-15/h4-7,13-14H,8-12H2,1-3H3,(H,20,24)/t14-/m1/s1. The van der Waals surface area contributed by atoms with Crippen molar-refractivity contribution in [2.75, 3.05) is 20.2 Å². The highest BCUT2D eigenvalue weighted by atomic mass is 16.5. The summed E-state index contributed by atoms with van der Waals surface area (Å²) in [6, 6.07) is 7.80. The molecule has 0 aliphatic carbocycles. The number of benzene rings is 1. The third-order valence-corrected chi connectivity index (χ3v) is 4.93. The molecule has 0 fully saturated rings. The van der Waals surface area contributed by atoms with Crippen molar-refractivity contribution in [2.45, 2.75) is 32.4 Å². The monoisotopic (exact) mass is 342 g/mol. The molecule has 6 nitrogen and oxygen atoms in total. The molecule has 2 heterocycles. The zero-order valence-electron chi connectivity index (χ0n) is 15.2. The van der Waals surface area contributed by atoms with Crippen LogP contribution in [0.2, 0.25) is 0 Å². The lowest BCUT2D eigenvalue weighted by atomic mass is 10.1. The Hall–Kier alpha value is -2.34. The molecule has 0 saturated carbocycles. The van der Waals surface area contributed by atoms with Crippen molar-refractivity contribution in [1.29, 1.82) is 0 Å². The van der Waals surface area contributed by atoms with Crippen LogP contribution in [0.3, 0.4) is 0 Å². The van der Waals surface area contributed by atoms with Crippen molar-refractivity contribution < 1.29 is 9.53 Å². The summed E-state index contributed by atoms with van der Waals surface area (Å²) < 4.78 is 7.23. The highest BCUT2D eigenvalue weighted by Crippen LogP contribution is 2.19. The number of fused-ring (bicyclic) bond motifs is 1. The van der Waals surface area contributed by atoms with Crippen molar-refractivity contribution in [3.8, 4) is 5.75 Å². The summed E-state index contributed by atoms with van der Waals surface area (Å²) in [6.45, 7) is 4.23. The maximum atomic E-state index is 12.5. The first kappa shape index (κ1) is 17.5. The number of carbonyl (C=O) groups excluding carboxylic acids is 1. The normalized spacial score (nSPS) is 15.5. The van der Waals surface area contributed by atoms with E-state index in [1.165, 1.54) is 11.3 Å². The van der Waals surface area contributed by atoms with Crippen LogP contribution in [0.15, 0.2) is 30.6 Å². The lowest BCUT2D eigenvalue weighted by Crippen LogP contribution is -2.47. The molecule has 1 aromatic heterocycles. The molecule has 0 saturated heterocycles. The summed E-state index contributed by atoms with van der Waals surface area (Å²) in [7, 11) is 3.68. The molecule has 2 aromatic rings. The number of amides is 1. The number of imidazole rings is 1. The van der Waals surface area contributed by atoms with Crippen LogP contribution in [-0.2, 0) is 31.2 Å². The zero-order chi connectivity index (χ0) is 17.8. The first-order valence-electron chi connectivity index (χ1n) is 8.72. The Kier molecular flexibility index (Phi) is 5.38. The molecule has 0 radical (unpaired) electrons. The van der Waals surface area contributed by atoms with Crippen LogP contribution in [0.25, 0.3) is 0 Å². The molecule has 134 valence electrons. The van der Waals surface area contributed by atoms with Gasteiger partial charge in [-0.1, -0.05) is 12.1 Å². The van der Waals surface area contributed by atoms with E-state index in [1.54, 1.807) is 7.11 Å². The first-order chi connectivity index (χ1) is 12.1. The number of methoxy groups -OCH3 is 1. The summed E-state index contributed by atoms with van der Waals surface area (Å²) in [5.41, 5.74) is 3.56. The summed E-state index contributed by atoms with van der Waals surface area (Å²) >= 11 is 0. The molecule has 6 heteroatoms. The van der Waals surface area contributed by atoms with Crippen LogP contribution in [0, 0.1) is 0 Å². The van der Waals surface area contributed by atoms with Gasteiger partial charge in [-0.05, 0) is 31.0 Å². The SMILES string of the molecule is COc1ccc(CCNC(=O)[C@@H](C)N2CCc3c(ncn3C)C2)cc1. The number of aryl methyl sites for hydroxylation is 1. The Morgan fingerprint density at radius 2 is 2.12 bits per heavy atom. The highest BCUT2D eigenvalue weighted by Gasteiger charge is 2.27. The summed E-state index contributed by atoms with van der Waals surface area (Å²) in [5.74, 6) is 0.924. The Balaban J connectivity index is 1.47. The van der Waals surface area contributed by atoms with E-state index in [4.69, 9.17) is 4.74 Å². The number of hydrogen-bond donors (Lipinski definition) is 1. The van der Waals surface area contributed by atoms with Crippen LogP contribution in [-0.4, -0.2) is 46.6 Å². The second kappa shape index (κ2) is 7.70. The Morgan fingerprint density at radius 1 is 1.36 bits per heavy atom. The number of rotatable bonds is 6. The number of ether oxygens (including phenoxy) is 1. The Labute approximate surface area is 148 Å². The van der Waals surface area contributed by atoms with Gasteiger partial charge in [-0.2, -0.15) is 0 Å². The van der Waals surface area contributed by atoms with E-state index in [9.17, 15) is 4.79 Å². The Morgan fingerprint density at radius 3 is 2.84 bits per heavy atom. The van der Waals surface area contributed by atoms with Crippen LogP contribution in [0.1, 0.15) is 23.9 Å². The maximum absolute atomic E-state index is 12.5. The molecule has 25 heavy (non-hydrogen) atoms. The number of nitrogens with one attached hydrogen (secondary N) is 1. The van der Waals surface area contributed by atoms with Crippen molar-refractivity contribution in [2.24, 2.45) is 7.05 Å². The van der Waals surface area contributed by atoms with Gasteiger partial charge in [0.2, 0.25) is 5.91 Å². The summed E-state index contributed by atoms with van der Waals surface area (Å²) in [5, 5.41) is 3.05. The van der Waals surface area contributed by atoms with E-state index in [0.717, 1.165) is 37.4 Å². The topological polar surface area (TPSA) is 59.4 Å². The van der Waals surface area contributed by atoms with Gasteiger partial charge in [0.25, 0.3) is 0 Å². The van der Waals surface area contributed by atoms with Gasteiger partial charge < -0.3 is 14.6 Å². The fourth-order valence-corrected chi connectivity index (χ4v) is 3.24. The lowest BCUT2D eigenvalue weighted by molar-refractivity contribution is -0.126. The molecule has 1 atom stereocenters. The Bertz CT molecular complexity index is 724. The van der Waals surface area contributed by atoms with Gasteiger partial charge in [0.15, 0.2) is 0 Å². The number of nitrogens with zero attached hydrogens (tertiary/aromatic N) is 3. The van der Waals surface area contributed by atoms with Crippen molar-refractivity contribution in [3.63, 3.8) is 0 Å². The van der Waals surface area contributed by atoms with E-state index in [2.05, 4.69) is 19.8 Å². The second-order valence-corrected chi connectivity index (χ2v) is 6.53. The minimum absolute atomic E-state index is 0.0768. The average molecular weight is 342 g/mol. The molecule has 1 aliphatic rings. The van der Waals surface area contributed by atoms with Crippen LogP contribution < -0.4 is 10.1 Å². The van der Waals surface area contributed by atoms with Crippen molar-refractivity contribution in [1.82, 2.24) is 19.8 Å². The summed E-state index contributed by atoms with van der Waals surface area (Å²) in [4.78, 5) is 19.1. The molecular weight excluding hydrogens is 316 g/mol. The number of aromatic nitrogens is 2. The van der Waals surface area contributed by atoms with E-state index < -0.39 is 0 Å². The van der Waals surface area contributed by atoms with E-state index >= 15 is 0 Å². The summed E-state index contributed by atoms with van der Waals surface area (Å²) in [6.07, 6.45) is 3.61. The largest absolute Gasteiger partial charge is 0.497 e. The third-order valence-electron chi connectivity index (χ3n) is 4.93. The van der Waals surface area contributed by atoms with Gasteiger partial charge in [-0.3, -0.25) is 9.69 Å². The molecule has 0 bridgehead atoms. The lowest BCUT2D eigenvalue weighted by Gasteiger charge is -2.31. The predicted octanol–water partition coefficient (Wildman–Crippen LogP) is 1.53. The first-order valence-corrected chi connectivity index (χ1v) is 8.72. The molecule has 1 aromatic carbocycles. The maximum Gasteiger partial charge on any atom is 0.237 e. The second-order valence-electron chi connectivity index (χ2n) is 6.53. The third kappa shape index (κ3) is 4.02. The molecular formula is C19H26N4O2. The molecule has 0 spiro atoms. The molecule has 1 amide bonds. The van der Waals surface area contributed by atoms with Crippen LogP contribution in [0.4, 0.5) is 0 Å². The molecule has 0 unspecified atom stereocenters. The smallest absolute Gasteiger partial charge is 0.237 e. The van der Waals surface area contributed by atoms with Gasteiger partial charge in [0.1, 0.15) is 5.75 Å². The van der Waals surface area contributed by atoms with E-state index in [-0.39, 0.29) is 11.9 Å². The van der Waals surface area contributed by atoms with Gasteiger partial charge in [0.05, 0.1) is 25.2 Å². The molecule has 1 N–H and O–H groups in total. The van der Waals surface area contributed by atoms with Crippen LogP contribution >= 0.6 is 0 Å². The minimum Gasteiger partial charge on any atom is -0.497 e. The van der Waals surface area contributed by atoms with Crippen LogP contribution in [0.5, 0.6) is 5.75 Å². The zero-order valence-corrected chi connectivity index (χ0v) is 15.2. The van der Waals surface area contributed by atoms with Crippen molar-refractivity contribution in [3.05, 3.63) is 47.5 Å². The van der Waals surface area contributed by atoms with Gasteiger partial charge >= 0.3 is 0 Å². The van der Waals surface area contributed by atoms with Gasteiger partial charge in [-0.15, -0.1) is 0 Å². The molecule has 1 aliphatic heterocycles. The van der Waals surface area contributed by atoms with Gasteiger partial charge in [-0.25, -0.2) is 4.98 Å². The quantitative estimate of drug-likeness (QED) is 0.865. The fourth-order valence-electron chi connectivity index (χ4n) is 3.24. The minimum atomic E-state index is -0.147. The highest BCUT2D eigenvalue weighted by molar-refractivity contribution is 5.81. The predicted molar refractivity (Wildman–Crippen MR) is 96.5 cm³/mol. The fraction of sp³-hybridized carbons (Fsp3) is 0.474. The number of carbonyl (C=O) groups is 1. The van der Waals surface area contributed by atoms with Crippen molar-refractivity contribution >= 4 is 5.91 Å². The van der Waals surface area contributed by atoms with E-state index in [0.29, 0.717) is 6.54 Å². The molecule has 3 rings (SSSR count). The number of hydrogen-bond acceptors (Lipinski definition) is 4.